The van der Waals surface area contributed by atoms with Crippen LogP contribution in [0.2, 0.25) is 0 Å². The summed E-state index contributed by atoms with van der Waals surface area (Å²) in [6.07, 6.45) is 7.89. The molecule has 1 saturated carbocycles. The molecule has 1 fully saturated rings. The summed E-state index contributed by atoms with van der Waals surface area (Å²) in [5, 5.41) is 10.7. The van der Waals surface area contributed by atoms with E-state index >= 15 is 0 Å². The smallest absolute Gasteiger partial charge is 0.332 e. The van der Waals surface area contributed by atoms with E-state index in [0.717, 1.165) is 6.42 Å². The number of nitrogens with zero attached hydrogens (tertiary/aromatic N) is 2. The van der Waals surface area contributed by atoms with Gasteiger partial charge in [-0.05, 0) is 18.8 Å². The van der Waals surface area contributed by atoms with Gasteiger partial charge in [0.2, 0.25) is 0 Å². The van der Waals surface area contributed by atoms with E-state index in [4.69, 9.17) is 4.74 Å². The molecule has 0 radical (unpaired) electrons. The molecule has 0 unspecified atom stereocenters. The van der Waals surface area contributed by atoms with E-state index in [0.29, 0.717) is 19.1 Å². The molecule has 0 saturated heterocycles. The molecule has 1 aliphatic rings. The second-order valence-corrected chi connectivity index (χ2v) is 5.36. The summed E-state index contributed by atoms with van der Waals surface area (Å²) < 4.78 is 7.49. The lowest BCUT2D eigenvalue weighted by atomic mass is 9.88. The first kappa shape index (κ1) is 14.7. The maximum absolute atomic E-state index is 11.3. The lowest BCUT2D eigenvalue weighted by Crippen LogP contribution is -2.27. The summed E-state index contributed by atoms with van der Waals surface area (Å²) in [4.78, 5) is 21.3. The van der Waals surface area contributed by atoms with Crippen molar-refractivity contribution in [1.29, 1.82) is 0 Å². The monoisotopic (exact) mass is 280 g/mol. The Morgan fingerprint density at radius 3 is 2.90 bits per heavy atom. The third-order valence-corrected chi connectivity index (χ3v) is 3.87. The number of hydrogen-bond acceptors (Lipinski definition) is 4. The largest absolute Gasteiger partial charge is 0.376 e. The van der Waals surface area contributed by atoms with Gasteiger partial charge in [0.1, 0.15) is 0 Å². The van der Waals surface area contributed by atoms with E-state index in [1.54, 1.807) is 10.8 Å². The van der Waals surface area contributed by atoms with Crippen molar-refractivity contribution in [3.05, 3.63) is 38.8 Å². The van der Waals surface area contributed by atoms with E-state index in [-0.39, 0.29) is 6.10 Å². The Bertz CT molecular complexity index is 526. The van der Waals surface area contributed by atoms with Crippen LogP contribution in [0, 0.1) is 16.0 Å². The fourth-order valence-electron chi connectivity index (χ4n) is 2.63. The van der Waals surface area contributed by atoms with Crippen LogP contribution in [-0.2, 0) is 11.3 Å². The van der Waals surface area contributed by atoms with Crippen LogP contribution in [0.3, 0.4) is 0 Å². The highest BCUT2D eigenvalue weighted by atomic mass is 16.6. The lowest BCUT2D eigenvalue weighted by molar-refractivity contribution is -0.386. The molecule has 0 aliphatic heterocycles. The molecular formula is C14H20N2O4. The molecular weight excluding hydrogens is 260 g/mol. The van der Waals surface area contributed by atoms with Crippen molar-refractivity contribution in [1.82, 2.24) is 4.57 Å². The molecule has 2 atom stereocenters. The molecule has 1 aromatic rings. The minimum Gasteiger partial charge on any atom is -0.376 e. The molecule has 0 N–H and O–H groups in total. The van der Waals surface area contributed by atoms with Gasteiger partial charge in [-0.1, -0.05) is 19.8 Å². The standard InChI is InChI=1S/C14H20N2O4/c1-11-4-2-3-5-14(11)20-9-8-15-7-6-13(17)12(10-15)16(18)19/h6-7,10-11,14H,2-5,8-9H2,1H3/t11-,14+/m1/s1. The zero-order chi connectivity index (χ0) is 14.5. The van der Waals surface area contributed by atoms with Gasteiger partial charge in [-0.2, -0.15) is 0 Å². The first-order valence-electron chi connectivity index (χ1n) is 7.04. The van der Waals surface area contributed by atoms with Crippen molar-refractivity contribution < 1.29 is 9.66 Å². The van der Waals surface area contributed by atoms with E-state index < -0.39 is 16.0 Å². The summed E-state index contributed by atoms with van der Waals surface area (Å²) in [6, 6.07) is 1.22. The topological polar surface area (TPSA) is 74.4 Å². The number of nitro groups is 1. The van der Waals surface area contributed by atoms with Crippen LogP contribution in [0.25, 0.3) is 0 Å². The third-order valence-electron chi connectivity index (χ3n) is 3.87. The highest BCUT2D eigenvalue weighted by Crippen LogP contribution is 2.26. The Morgan fingerprint density at radius 2 is 2.20 bits per heavy atom. The summed E-state index contributed by atoms with van der Waals surface area (Å²) in [5.41, 5.74) is -0.952. The predicted octanol–water partition coefficient (Wildman–Crippen LogP) is 2.35. The summed E-state index contributed by atoms with van der Waals surface area (Å²) >= 11 is 0. The van der Waals surface area contributed by atoms with Gasteiger partial charge in [-0.3, -0.25) is 14.9 Å². The van der Waals surface area contributed by atoms with Crippen molar-refractivity contribution in [3.63, 3.8) is 0 Å². The van der Waals surface area contributed by atoms with Crippen molar-refractivity contribution in [2.24, 2.45) is 5.92 Å². The van der Waals surface area contributed by atoms with Gasteiger partial charge in [-0.15, -0.1) is 0 Å². The average Bonchev–Trinajstić information content (AvgIpc) is 2.42. The molecule has 0 aromatic carbocycles. The van der Waals surface area contributed by atoms with Crippen LogP contribution in [0.4, 0.5) is 5.69 Å². The Balaban J connectivity index is 1.89. The van der Waals surface area contributed by atoms with Gasteiger partial charge in [-0.25, -0.2) is 0 Å². The number of aromatic nitrogens is 1. The zero-order valence-electron chi connectivity index (χ0n) is 11.7. The molecule has 0 spiro atoms. The van der Waals surface area contributed by atoms with Crippen LogP contribution in [0.15, 0.2) is 23.3 Å². The molecule has 6 heteroatoms. The van der Waals surface area contributed by atoms with Gasteiger partial charge >= 0.3 is 5.69 Å². The molecule has 2 rings (SSSR count). The first-order chi connectivity index (χ1) is 9.58. The Morgan fingerprint density at radius 1 is 1.45 bits per heavy atom. The normalized spacial score (nSPS) is 22.6. The molecule has 0 amide bonds. The molecule has 20 heavy (non-hydrogen) atoms. The van der Waals surface area contributed by atoms with Crippen LogP contribution in [-0.4, -0.2) is 22.2 Å². The fourth-order valence-corrected chi connectivity index (χ4v) is 2.63. The summed E-state index contributed by atoms with van der Waals surface area (Å²) in [5.74, 6) is 0.576. The van der Waals surface area contributed by atoms with Crippen LogP contribution >= 0.6 is 0 Å². The molecule has 6 nitrogen and oxygen atoms in total. The number of hydrogen-bond donors (Lipinski definition) is 0. The number of pyridine rings is 1. The van der Waals surface area contributed by atoms with Crippen molar-refractivity contribution in [2.45, 2.75) is 45.3 Å². The van der Waals surface area contributed by atoms with Crippen molar-refractivity contribution in [3.8, 4) is 0 Å². The van der Waals surface area contributed by atoms with Gasteiger partial charge in [0.15, 0.2) is 0 Å². The summed E-state index contributed by atoms with van der Waals surface area (Å²) in [6.45, 7) is 3.23. The first-order valence-corrected chi connectivity index (χ1v) is 7.04. The van der Waals surface area contributed by atoms with Crippen LogP contribution in [0.1, 0.15) is 32.6 Å². The minimum atomic E-state index is -0.650. The number of rotatable bonds is 5. The van der Waals surface area contributed by atoms with Crippen molar-refractivity contribution in [2.75, 3.05) is 6.61 Å². The second-order valence-electron chi connectivity index (χ2n) is 5.36. The maximum Gasteiger partial charge on any atom is 0.332 e. The predicted molar refractivity (Wildman–Crippen MR) is 74.7 cm³/mol. The van der Waals surface area contributed by atoms with Gasteiger partial charge < -0.3 is 9.30 Å². The second kappa shape index (κ2) is 6.65. The minimum absolute atomic E-state index is 0.290. The highest BCUT2D eigenvalue weighted by Gasteiger charge is 2.21. The molecule has 1 heterocycles. The molecule has 110 valence electrons. The Labute approximate surface area is 117 Å². The summed E-state index contributed by atoms with van der Waals surface area (Å²) in [7, 11) is 0. The van der Waals surface area contributed by atoms with Gasteiger partial charge in [0.25, 0.3) is 5.43 Å². The average molecular weight is 280 g/mol. The number of ether oxygens (including phenoxy) is 1. The Hall–Kier alpha value is -1.69. The molecule has 1 aromatic heterocycles. The lowest BCUT2D eigenvalue weighted by Gasteiger charge is -2.28. The van der Waals surface area contributed by atoms with E-state index in [1.807, 2.05) is 0 Å². The Kier molecular flexibility index (Phi) is 4.89. The van der Waals surface area contributed by atoms with Crippen LogP contribution < -0.4 is 5.43 Å². The quantitative estimate of drug-likeness (QED) is 0.613. The zero-order valence-corrected chi connectivity index (χ0v) is 11.7. The molecule has 1 aliphatic carbocycles. The maximum atomic E-state index is 11.3. The molecule has 0 bridgehead atoms. The van der Waals surface area contributed by atoms with E-state index in [9.17, 15) is 14.9 Å². The fraction of sp³-hybridized carbons (Fsp3) is 0.643. The van der Waals surface area contributed by atoms with Gasteiger partial charge in [0, 0.05) is 18.8 Å². The van der Waals surface area contributed by atoms with E-state index in [1.165, 1.54) is 31.5 Å². The highest BCUT2D eigenvalue weighted by molar-refractivity contribution is 5.25. The van der Waals surface area contributed by atoms with Crippen molar-refractivity contribution >= 4 is 5.69 Å². The van der Waals surface area contributed by atoms with Crippen LogP contribution in [0.5, 0.6) is 0 Å². The van der Waals surface area contributed by atoms with Gasteiger partial charge in [0.05, 0.1) is 23.8 Å². The third kappa shape index (κ3) is 3.66. The SMILES string of the molecule is C[C@@H]1CCCC[C@@H]1OCCn1ccc(=O)c([N+](=O)[O-])c1. The van der Waals surface area contributed by atoms with E-state index in [2.05, 4.69) is 6.92 Å².